The molecule has 11 heteroatoms. The lowest BCUT2D eigenvalue weighted by molar-refractivity contribution is -0.138. The minimum Gasteiger partial charge on any atom is -0.481 e. The minimum absolute atomic E-state index is 0.0151. The zero-order chi connectivity index (χ0) is 31.9. The summed E-state index contributed by atoms with van der Waals surface area (Å²) in [6.45, 7) is 9.85. The van der Waals surface area contributed by atoms with Gasteiger partial charge in [-0.1, -0.05) is 19.9 Å². The molecule has 7 N–H and O–H groups in total. The van der Waals surface area contributed by atoms with Gasteiger partial charge in [0.25, 0.3) is 0 Å². The van der Waals surface area contributed by atoms with Crippen LogP contribution in [0, 0.1) is 31.6 Å². The maximum absolute atomic E-state index is 12.4. The highest BCUT2D eigenvalue weighted by atomic mass is 32.2. The number of H-pyrrole nitrogens is 2. The van der Waals surface area contributed by atoms with Crippen molar-refractivity contribution in [3.05, 3.63) is 61.7 Å². The predicted molar refractivity (Wildman–Crippen MR) is 172 cm³/mol. The number of aliphatic carboxylic acids is 2. The summed E-state index contributed by atoms with van der Waals surface area (Å²) in [5.74, 6) is -0.431. The number of allylic oxidation sites excluding steroid dienone is 2. The van der Waals surface area contributed by atoms with Crippen molar-refractivity contribution in [1.82, 2.24) is 20.6 Å². The molecule has 0 aromatic carbocycles. The standard InChI is InChI=1S/C33H42N4O6S/c1-6-19-15(2)24(36-33(19)43)11-22-16(3)20(7-9-29(38)39)25(34-22)13-26-21(8-10-30(40)41)17(4)23(35-26)12-27-31(28-14-44-28)18(5)32(42)37-27/h6,11-13,15,18,24,28,31-32,34-35,37,42H,7-10,14H2,1-5H3,(H,36,43)(H,38,39)(H,40,41)/p+1/b19-6-,22-11+,25-13-,27-12-/t15?,18-,24-,28+,31-,32?/m1/s1. The number of nitrogens with one attached hydrogen (secondary N) is 4. The first-order valence-corrected chi connectivity index (χ1v) is 16.4. The van der Waals surface area contributed by atoms with Gasteiger partial charge < -0.3 is 35.9 Å². The number of carboxylic acid groups (broad SMARTS) is 2. The Bertz CT molecular complexity index is 1660. The fourth-order valence-electron chi connectivity index (χ4n) is 6.70. The zero-order valence-electron chi connectivity index (χ0n) is 25.8. The molecule has 5 heterocycles. The number of hydrogen-bond donors (Lipinski definition) is 7. The largest absolute Gasteiger partial charge is 0.481 e. The summed E-state index contributed by atoms with van der Waals surface area (Å²) in [6, 6.07) is -0.209. The van der Waals surface area contributed by atoms with Gasteiger partial charge in [-0.2, -0.15) is 0 Å². The Morgan fingerprint density at radius 1 is 0.932 bits per heavy atom. The number of rotatable bonds is 10. The number of aliphatic hydroxyl groups is 1. The maximum atomic E-state index is 12.4. The average Bonchev–Trinajstić information content (AvgIpc) is 3.53. The summed E-state index contributed by atoms with van der Waals surface area (Å²) in [5.41, 5.74) is 6.93. The van der Waals surface area contributed by atoms with Crippen molar-refractivity contribution in [2.75, 3.05) is 5.75 Å². The minimum atomic E-state index is -0.895. The molecule has 0 saturated carbocycles. The van der Waals surface area contributed by atoms with Gasteiger partial charge in [0.2, 0.25) is 5.91 Å². The van der Waals surface area contributed by atoms with Gasteiger partial charge in [0.05, 0.1) is 12.0 Å². The molecule has 5 rings (SSSR count). The van der Waals surface area contributed by atoms with E-state index in [9.17, 15) is 29.7 Å². The zero-order valence-corrected chi connectivity index (χ0v) is 26.7. The number of aromatic amines is 2. The Balaban J connectivity index is 1.62. The summed E-state index contributed by atoms with van der Waals surface area (Å²) >= 11 is 1.40. The number of carboxylic acids is 2. The van der Waals surface area contributed by atoms with E-state index < -0.39 is 18.2 Å². The Hall–Kier alpha value is -3.70. The smallest absolute Gasteiger partial charge is 0.303 e. The Labute approximate surface area is 260 Å². The fourth-order valence-corrected chi connectivity index (χ4v) is 7.71. The number of aromatic nitrogens is 2. The van der Waals surface area contributed by atoms with Crippen molar-refractivity contribution in [3.8, 4) is 0 Å². The number of carbonyl (C=O) groups excluding carboxylic acids is 1. The van der Waals surface area contributed by atoms with Crippen LogP contribution in [0.2, 0.25) is 0 Å². The molecule has 0 bridgehead atoms. The number of hydrogen-bond acceptors (Lipinski definition) is 5. The van der Waals surface area contributed by atoms with Gasteiger partial charge in [0.15, 0.2) is 11.0 Å². The lowest BCUT2D eigenvalue weighted by Crippen LogP contribution is -2.28. The monoisotopic (exact) mass is 623 g/mol. The number of aliphatic hydroxyl groups excluding tert-OH is 1. The van der Waals surface area contributed by atoms with E-state index in [4.69, 9.17) is 0 Å². The third-order valence-electron chi connectivity index (χ3n) is 9.46. The average molecular weight is 624 g/mol. The van der Waals surface area contributed by atoms with Crippen LogP contribution in [0.25, 0.3) is 18.2 Å². The Morgan fingerprint density at radius 2 is 1.59 bits per heavy atom. The summed E-state index contributed by atoms with van der Waals surface area (Å²) < 4.78 is 0. The molecule has 3 aliphatic heterocycles. The quantitative estimate of drug-likeness (QED) is 0.0909. The molecule has 1 amide bonds. The van der Waals surface area contributed by atoms with Gasteiger partial charge in [-0.25, -0.2) is 0 Å². The van der Waals surface area contributed by atoms with Gasteiger partial charge in [-0.15, -0.1) is 0 Å². The molecule has 6 atom stereocenters. The van der Waals surface area contributed by atoms with E-state index in [1.54, 1.807) is 0 Å². The van der Waals surface area contributed by atoms with Crippen LogP contribution >= 0.6 is 0 Å². The highest BCUT2D eigenvalue weighted by Gasteiger charge is 2.51. The second-order valence-electron chi connectivity index (χ2n) is 12.2. The molecular formula is C33H43N4O6S+. The van der Waals surface area contributed by atoms with Crippen LogP contribution in [0.15, 0.2) is 17.3 Å². The van der Waals surface area contributed by atoms with Crippen molar-refractivity contribution >= 4 is 47.8 Å². The molecule has 3 saturated heterocycles. The summed E-state index contributed by atoms with van der Waals surface area (Å²) in [7, 11) is 0. The van der Waals surface area contributed by atoms with E-state index in [2.05, 4.69) is 33.6 Å². The summed E-state index contributed by atoms with van der Waals surface area (Å²) in [6.07, 6.45) is 7.77. The van der Waals surface area contributed by atoms with E-state index in [0.717, 1.165) is 61.4 Å². The molecule has 44 heavy (non-hydrogen) atoms. The van der Waals surface area contributed by atoms with E-state index in [1.165, 1.54) is 11.8 Å². The lowest BCUT2D eigenvalue weighted by Gasteiger charge is -2.10. The van der Waals surface area contributed by atoms with Gasteiger partial charge in [-0.3, -0.25) is 14.4 Å². The SMILES string of the molecule is C/C=C1\C(=O)N[C@H](/C=c2/[nH]/c(=C\c3[nH]c(/C=C4\NC(O)[C@H](C)[C@H]4[C@@H]4C[SH+]4)c(C)c3CCC(=O)O)c(CCC(=O)O)c2C)C1C. The van der Waals surface area contributed by atoms with E-state index in [1.807, 2.05) is 45.9 Å². The molecule has 0 spiro atoms. The van der Waals surface area contributed by atoms with Crippen LogP contribution in [0.1, 0.15) is 67.3 Å². The third kappa shape index (κ3) is 6.39. The first kappa shape index (κ1) is 31.7. The predicted octanol–water partition coefficient (Wildman–Crippen LogP) is 1.40. The fraction of sp³-hybridized carbons (Fsp3) is 0.485. The first-order chi connectivity index (χ1) is 20.9. The Morgan fingerprint density at radius 3 is 2.18 bits per heavy atom. The van der Waals surface area contributed by atoms with Crippen molar-refractivity contribution in [3.63, 3.8) is 0 Å². The summed E-state index contributed by atoms with van der Waals surface area (Å²) in [5, 5.41) is 37.9. The van der Waals surface area contributed by atoms with Crippen LogP contribution in [0.5, 0.6) is 0 Å². The lowest BCUT2D eigenvalue weighted by atomic mass is 9.91. The van der Waals surface area contributed by atoms with E-state index in [-0.39, 0.29) is 42.5 Å². The molecule has 2 aromatic rings. The molecule has 10 nitrogen and oxygen atoms in total. The van der Waals surface area contributed by atoms with Crippen molar-refractivity contribution in [1.29, 1.82) is 0 Å². The first-order valence-electron chi connectivity index (χ1n) is 15.3. The van der Waals surface area contributed by atoms with Crippen molar-refractivity contribution in [2.45, 2.75) is 77.8 Å². The molecule has 236 valence electrons. The highest BCUT2D eigenvalue weighted by Crippen LogP contribution is 2.39. The van der Waals surface area contributed by atoms with E-state index in [0.29, 0.717) is 18.1 Å². The number of thiol groups is 1. The maximum Gasteiger partial charge on any atom is 0.303 e. The van der Waals surface area contributed by atoms with Gasteiger partial charge in [0, 0.05) is 58.0 Å². The second kappa shape index (κ2) is 12.7. The van der Waals surface area contributed by atoms with Crippen LogP contribution in [-0.4, -0.2) is 66.4 Å². The van der Waals surface area contributed by atoms with Gasteiger partial charge >= 0.3 is 11.9 Å². The molecule has 2 unspecified atom stereocenters. The van der Waals surface area contributed by atoms with Crippen LogP contribution in [0.3, 0.4) is 0 Å². The molecule has 3 aliphatic rings. The van der Waals surface area contributed by atoms with Crippen molar-refractivity contribution in [2.24, 2.45) is 17.8 Å². The second-order valence-corrected chi connectivity index (χ2v) is 13.6. The topological polar surface area (TPSA) is 168 Å². The van der Waals surface area contributed by atoms with E-state index >= 15 is 0 Å². The van der Waals surface area contributed by atoms with Gasteiger partial charge in [0.1, 0.15) is 6.23 Å². The van der Waals surface area contributed by atoms with Gasteiger partial charge in [-0.05, 0) is 85.9 Å². The van der Waals surface area contributed by atoms with Crippen LogP contribution < -0.4 is 21.3 Å². The highest BCUT2D eigenvalue weighted by molar-refractivity contribution is 7.86. The molecule has 2 aromatic heterocycles. The normalized spacial score (nSPS) is 29.1. The Kier molecular flexibility index (Phi) is 9.17. The van der Waals surface area contributed by atoms with Crippen molar-refractivity contribution < 1.29 is 29.7 Å². The molecular weight excluding hydrogens is 580 g/mol. The molecule has 0 aliphatic carbocycles. The summed E-state index contributed by atoms with van der Waals surface area (Å²) in [4.78, 5) is 42.6. The number of amides is 1. The van der Waals surface area contributed by atoms with Crippen LogP contribution in [-0.2, 0) is 39.0 Å². The third-order valence-corrected chi connectivity index (χ3v) is 10.6. The molecule has 0 radical (unpaired) electrons. The number of carbonyl (C=O) groups is 3. The molecule has 3 fully saturated rings. The van der Waals surface area contributed by atoms with Crippen LogP contribution in [0.4, 0.5) is 0 Å².